The van der Waals surface area contributed by atoms with Crippen molar-refractivity contribution in [3.05, 3.63) is 64.6 Å². The third-order valence-electron chi connectivity index (χ3n) is 4.80. The van der Waals surface area contributed by atoms with Crippen LogP contribution in [0, 0.1) is 0 Å². The van der Waals surface area contributed by atoms with Crippen LogP contribution in [0.25, 0.3) is 0 Å². The molecule has 0 spiro atoms. The summed E-state index contributed by atoms with van der Waals surface area (Å²) in [5.41, 5.74) is 1.36. The second-order valence-electron chi connectivity index (χ2n) is 7.09. The molecule has 0 aliphatic carbocycles. The van der Waals surface area contributed by atoms with E-state index in [1.165, 1.54) is 5.56 Å². The van der Waals surface area contributed by atoms with Gasteiger partial charge in [-0.05, 0) is 29.8 Å². The molecule has 5 nitrogen and oxygen atoms in total. The fraction of sp³-hybridized carbons (Fsp3) is 0.455. The van der Waals surface area contributed by atoms with Crippen LogP contribution >= 0.6 is 15.9 Å². The molecule has 0 amide bonds. The van der Waals surface area contributed by atoms with Gasteiger partial charge in [0, 0.05) is 43.7 Å². The van der Waals surface area contributed by atoms with Crippen LogP contribution in [-0.2, 0) is 11.3 Å². The van der Waals surface area contributed by atoms with E-state index in [-0.39, 0.29) is 0 Å². The number of rotatable bonds is 10. The number of β-amino-alcohol motifs (C(OH)–C–C–N with tert-alkyl or cyclic N) is 1. The minimum absolute atomic E-state index is 0.341. The van der Waals surface area contributed by atoms with Crippen molar-refractivity contribution in [2.45, 2.75) is 12.6 Å². The van der Waals surface area contributed by atoms with E-state index in [2.05, 4.69) is 56.1 Å². The molecule has 3 rings (SSSR count). The van der Waals surface area contributed by atoms with Gasteiger partial charge in [0.1, 0.15) is 12.4 Å². The molecule has 1 aliphatic heterocycles. The Morgan fingerprint density at radius 2 is 1.57 bits per heavy atom. The summed E-state index contributed by atoms with van der Waals surface area (Å²) in [4.78, 5) is 4.78. The Balaban J connectivity index is 1.24. The quantitative estimate of drug-likeness (QED) is 0.565. The summed E-state index contributed by atoms with van der Waals surface area (Å²) in [6.07, 6.45) is -0.464. The average molecular weight is 449 g/mol. The van der Waals surface area contributed by atoms with Gasteiger partial charge in [-0.15, -0.1) is 0 Å². The lowest BCUT2D eigenvalue weighted by Gasteiger charge is -2.35. The standard InChI is InChI=1S/C22H29BrN2O3/c23-20-6-8-22(9-7-20)28-15-14-27-18-21(26)17-25-12-10-24(11-13-25)16-19-4-2-1-3-5-19/h1-9,21,26H,10-18H2/t21-/m1/s1. The number of ether oxygens (including phenoxy) is 2. The summed E-state index contributed by atoms with van der Waals surface area (Å²) in [5, 5.41) is 10.2. The van der Waals surface area contributed by atoms with Gasteiger partial charge in [0.2, 0.25) is 0 Å². The summed E-state index contributed by atoms with van der Waals surface area (Å²) < 4.78 is 12.2. The molecule has 1 aliphatic rings. The predicted molar refractivity (Wildman–Crippen MR) is 115 cm³/mol. The number of aliphatic hydroxyl groups is 1. The van der Waals surface area contributed by atoms with Gasteiger partial charge in [-0.2, -0.15) is 0 Å². The normalized spacial score (nSPS) is 16.8. The van der Waals surface area contributed by atoms with Gasteiger partial charge in [-0.25, -0.2) is 0 Å². The highest BCUT2D eigenvalue weighted by molar-refractivity contribution is 9.10. The monoisotopic (exact) mass is 448 g/mol. The van der Waals surface area contributed by atoms with E-state index in [1.807, 2.05) is 24.3 Å². The number of halogens is 1. The Morgan fingerprint density at radius 1 is 0.893 bits per heavy atom. The Bertz CT molecular complexity index is 676. The minimum atomic E-state index is -0.464. The highest BCUT2D eigenvalue weighted by atomic mass is 79.9. The van der Waals surface area contributed by atoms with E-state index in [0.29, 0.717) is 26.4 Å². The molecule has 1 heterocycles. The first-order chi connectivity index (χ1) is 13.7. The van der Waals surface area contributed by atoms with E-state index in [0.717, 1.165) is 42.9 Å². The van der Waals surface area contributed by atoms with Crippen molar-refractivity contribution >= 4 is 15.9 Å². The Hall–Kier alpha value is -1.44. The number of benzene rings is 2. The maximum Gasteiger partial charge on any atom is 0.119 e. The zero-order valence-electron chi connectivity index (χ0n) is 16.2. The predicted octanol–water partition coefficient (Wildman–Crippen LogP) is 3.02. The molecule has 0 unspecified atom stereocenters. The SMILES string of the molecule is O[C@@H](COCCOc1ccc(Br)cc1)CN1CCN(Cc2ccccc2)CC1. The molecule has 1 saturated heterocycles. The molecule has 0 saturated carbocycles. The van der Waals surface area contributed by atoms with Gasteiger partial charge in [-0.1, -0.05) is 46.3 Å². The molecule has 1 fully saturated rings. The van der Waals surface area contributed by atoms with Crippen molar-refractivity contribution in [3.8, 4) is 5.75 Å². The van der Waals surface area contributed by atoms with Crippen molar-refractivity contribution in [2.75, 3.05) is 52.5 Å². The maximum absolute atomic E-state index is 10.2. The van der Waals surface area contributed by atoms with Crippen LogP contribution in [0.3, 0.4) is 0 Å². The van der Waals surface area contributed by atoms with Crippen LogP contribution < -0.4 is 4.74 Å². The summed E-state index contributed by atoms with van der Waals surface area (Å²) in [6.45, 7) is 6.98. The first-order valence-corrected chi connectivity index (χ1v) is 10.6. The summed E-state index contributed by atoms with van der Waals surface area (Å²) >= 11 is 3.40. The molecular formula is C22H29BrN2O3. The average Bonchev–Trinajstić information content (AvgIpc) is 2.71. The molecule has 2 aromatic rings. The third kappa shape index (κ3) is 7.53. The minimum Gasteiger partial charge on any atom is -0.491 e. The molecule has 28 heavy (non-hydrogen) atoms. The highest BCUT2D eigenvalue weighted by Crippen LogP contribution is 2.15. The van der Waals surface area contributed by atoms with Crippen LogP contribution in [0.15, 0.2) is 59.1 Å². The lowest BCUT2D eigenvalue weighted by atomic mass is 10.2. The number of piperazine rings is 1. The van der Waals surface area contributed by atoms with Gasteiger partial charge < -0.3 is 14.6 Å². The number of hydrogen-bond donors (Lipinski definition) is 1. The lowest BCUT2D eigenvalue weighted by molar-refractivity contribution is -0.000436. The Morgan fingerprint density at radius 3 is 2.29 bits per heavy atom. The molecule has 0 radical (unpaired) electrons. The van der Waals surface area contributed by atoms with Crippen LogP contribution in [-0.4, -0.2) is 73.6 Å². The fourth-order valence-electron chi connectivity index (χ4n) is 3.29. The Kier molecular flexibility index (Phi) is 8.76. The first-order valence-electron chi connectivity index (χ1n) is 9.82. The molecule has 0 aromatic heterocycles. The van der Waals surface area contributed by atoms with Crippen molar-refractivity contribution < 1.29 is 14.6 Å². The van der Waals surface area contributed by atoms with E-state index in [1.54, 1.807) is 0 Å². The van der Waals surface area contributed by atoms with Crippen LogP contribution in [0.4, 0.5) is 0 Å². The molecule has 0 bridgehead atoms. The van der Waals surface area contributed by atoms with Gasteiger partial charge >= 0.3 is 0 Å². The molecule has 6 heteroatoms. The highest BCUT2D eigenvalue weighted by Gasteiger charge is 2.19. The summed E-state index contributed by atoms with van der Waals surface area (Å²) in [5.74, 6) is 0.820. The smallest absolute Gasteiger partial charge is 0.119 e. The zero-order chi connectivity index (χ0) is 19.6. The van der Waals surface area contributed by atoms with Crippen LogP contribution in [0.5, 0.6) is 5.75 Å². The maximum atomic E-state index is 10.2. The van der Waals surface area contributed by atoms with Crippen molar-refractivity contribution in [1.29, 1.82) is 0 Å². The summed E-state index contributed by atoms with van der Waals surface area (Å²) in [6, 6.07) is 18.3. The number of hydrogen-bond acceptors (Lipinski definition) is 5. The van der Waals surface area contributed by atoms with Crippen LogP contribution in [0.2, 0.25) is 0 Å². The van der Waals surface area contributed by atoms with E-state index < -0.39 is 6.10 Å². The van der Waals surface area contributed by atoms with Crippen LogP contribution in [0.1, 0.15) is 5.56 Å². The Labute approximate surface area is 176 Å². The molecular weight excluding hydrogens is 420 g/mol. The lowest BCUT2D eigenvalue weighted by Crippen LogP contribution is -2.48. The van der Waals surface area contributed by atoms with E-state index in [4.69, 9.17) is 9.47 Å². The zero-order valence-corrected chi connectivity index (χ0v) is 17.8. The van der Waals surface area contributed by atoms with E-state index >= 15 is 0 Å². The van der Waals surface area contributed by atoms with Gasteiger partial charge in [0.15, 0.2) is 0 Å². The molecule has 1 atom stereocenters. The van der Waals surface area contributed by atoms with Gasteiger partial charge in [-0.3, -0.25) is 9.80 Å². The second-order valence-corrected chi connectivity index (χ2v) is 8.01. The fourth-order valence-corrected chi connectivity index (χ4v) is 3.56. The molecule has 2 aromatic carbocycles. The largest absolute Gasteiger partial charge is 0.491 e. The van der Waals surface area contributed by atoms with Crippen molar-refractivity contribution in [3.63, 3.8) is 0 Å². The van der Waals surface area contributed by atoms with Crippen molar-refractivity contribution in [1.82, 2.24) is 9.80 Å². The molecule has 152 valence electrons. The number of nitrogens with zero attached hydrogens (tertiary/aromatic N) is 2. The molecule has 1 N–H and O–H groups in total. The third-order valence-corrected chi connectivity index (χ3v) is 5.33. The summed E-state index contributed by atoms with van der Waals surface area (Å²) in [7, 11) is 0. The second kappa shape index (κ2) is 11.5. The first kappa shape index (κ1) is 21.3. The van der Waals surface area contributed by atoms with E-state index in [9.17, 15) is 5.11 Å². The van der Waals surface area contributed by atoms with Gasteiger partial charge in [0.25, 0.3) is 0 Å². The topological polar surface area (TPSA) is 45.2 Å². The van der Waals surface area contributed by atoms with Gasteiger partial charge in [0.05, 0.1) is 19.3 Å². The van der Waals surface area contributed by atoms with Crippen molar-refractivity contribution in [2.24, 2.45) is 0 Å². The number of aliphatic hydroxyl groups excluding tert-OH is 1.